The van der Waals surface area contributed by atoms with Crippen LogP contribution in [-0.4, -0.2) is 60.3 Å². The molecule has 3 heterocycles. The zero-order chi connectivity index (χ0) is 26.0. The minimum absolute atomic E-state index is 0.133. The van der Waals surface area contributed by atoms with Gasteiger partial charge in [-0.05, 0) is 29.2 Å². The van der Waals surface area contributed by atoms with Crippen LogP contribution in [0.2, 0.25) is 0 Å². The first kappa shape index (κ1) is 24.5. The fourth-order valence-electron chi connectivity index (χ4n) is 4.51. The van der Waals surface area contributed by atoms with Crippen LogP contribution in [0.1, 0.15) is 26.3 Å². The number of nitrogens with one attached hydrogen (secondary N) is 1. The number of anilines is 4. The molecule has 37 heavy (non-hydrogen) atoms. The first-order chi connectivity index (χ1) is 17.9. The third-order valence-corrected chi connectivity index (χ3v) is 6.66. The van der Waals surface area contributed by atoms with Crippen LogP contribution in [-0.2, 0) is 5.41 Å². The number of rotatable bonds is 6. The minimum atomic E-state index is 0.133. The average Bonchev–Trinajstić information content (AvgIpc) is 2.92. The first-order valence-electron chi connectivity index (χ1n) is 12.4. The quantitative estimate of drug-likeness (QED) is 0.402. The van der Waals surface area contributed by atoms with Crippen molar-refractivity contribution in [2.24, 2.45) is 0 Å². The maximum absolute atomic E-state index is 5.50. The molecule has 0 unspecified atom stereocenters. The largest absolute Gasteiger partial charge is 0.493 e. The van der Waals surface area contributed by atoms with E-state index in [0.717, 1.165) is 60.2 Å². The van der Waals surface area contributed by atoms with E-state index in [1.54, 1.807) is 20.5 Å². The Hall–Kier alpha value is -4.14. The lowest BCUT2D eigenvalue weighted by Gasteiger charge is -2.35. The number of ether oxygens (including phenoxy) is 2. The van der Waals surface area contributed by atoms with E-state index in [0.29, 0.717) is 11.5 Å². The fourth-order valence-corrected chi connectivity index (χ4v) is 4.51. The lowest BCUT2D eigenvalue weighted by molar-refractivity contribution is 0.356. The number of piperazine rings is 1. The fraction of sp³-hybridized carbons (Fsp3) is 0.357. The molecule has 0 amide bonds. The molecular weight excluding hydrogens is 466 g/mol. The van der Waals surface area contributed by atoms with Crippen LogP contribution in [0.15, 0.2) is 55.1 Å². The summed E-state index contributed by atoms with van der Waals surface area (Å²) in [5.74, 6) is 2.94. The Kier molecular flexibility index (Phi) is 6.69. The van der Waals surface area contributed by atoms with E-state index in [1.165, 1.54) is 5.56 Å². The third-order valence-electron chi connectivity index (χ3n) is 6.66. The summed E-state index contributed by atoms with van der Waals surface area (Å²) in [4.78, 5) is 22.7. The molecule has 0 radical (unpaired) electrons. The Labute approximate surface area is 217 Å². The molecule has 2 aromatic heterocycles. The Bertz CT molecular complexity index is 1360. The molecule has 0 aliphatic carbocycles. The van der Waals surface area contributed by atoms with Gasteiger partial charge in [0.25, 0.3) is 0 Å². The summed E-state index contributed by atoms with van der Waals surface area (Å²) in [5, 5.41) is 4.33. The highest BCUT2D eigenvalue weighted by Crippen LogP contribution is 2.35. The Morgan fingerprint density at radius 3 is 2.00 bits per heavy atom. The zero-order valence-corrected chi connectivity index (χ0v) is 22.0. The smallest absolute Gasteiger partial charge is 0.225 e. The van der Waals surface area contributed by atoms with Crippen LogP contribution in [0.3, 0.4) is 0 Å². The SMILES string of the molecule is COc1cc2ncnc(N3CCN(c4ncc(Nc5ccc(C(C)(C)C)cc5)cn4)CC3)c2cc1OC. The van der Waals surface area contributed by atoms with Gasteiger partial charge in [0.2, 0.25) is 5.95 Å². The van der Waals surface area contributed by atoms with Crippen LogP contribution in [0, 0.1) is 0 Å². The van der Waals surface area contributed by atoms with Crippen molar-refractivity contribution in [2.45, 2.75) is 26.2 Å². The molecule has 1 N–H and O–H groups in total. The van der Waals surface area contributed by atoms with Gasteiger partial charge in [0.1, 0.15) is 12.1 Å². The van der Waals surface area contributed by atoms with Gasteiger partial charge >= 0.3 is 0 Å². The van der Waals surface area contributed by atoms with Gasteiger partial charge in [-0.3, -0.25) is 0 Å². The third kappa shape index (κ3) is 5.21. The summed E-state index contributed by atoms with van der Waals surface area (Å²) >= 11 is 0. The number of benzene rings is 2. The molecule has 1 aliphatic heterocycles. The van der Waals surface area contributed by atoms with Crippen molar-refractivity contribution < 1.29 is 9.47 Å². The van der Waals surface area contributed by atoms with Crippen molar-refractivity contribution in [2.75, 3.05) is 55.5 Å². The van der Waals surface area contributed by atoms with E-state index in [2.05, 4.69) is 80.1 Å². The molecule has 0 saturated carbocycles. The molecule has 1 fully saturated rings. The van der Waals surface area contributed by atoms with Crippen LogP contribution in [0.5, 0.6) is 11.5 Å². The predicted octanol–water partition coefficient (Wildman–Crippen LogP) is 4.80. The van der Waals surface area contributed by atoms with Gasteiger partial charge in [-0.15, -0.1) is 0 Å². The maximum Gasteiger partial charge on any atom is 0.225 e. The molecule has 1 aliphatic rings. The lowest BCUT2D eigenvalue weighted by Crippen LogP contribution is -2.47. The summed E-state index contributed by atoms with van der Waals surface area (Å²) in [5.41, 5.74) is 4.14. The second-order valence-corrected chi connectivity index (χ2v) is 10.1. The van der Waals surface area contributed by atoms with E-state index in [-0.39, 0.29) is 5.41 Å². The molecule has 192 valence electrons. The summed E-state index contributed by atoms with van der Waals surface area (Å²) in [7, 11) is 3.26. The molecule has 0 bridgehead atoms. The first-order valence-corrected chi connectivity index (χ1v) is 12.4. The van der Waals surface area contributed by atoms with Crippen molar-refractivity contribution in [3.63, 3.8) is 0 Å². The molecule has 0 atom stereocenters. The average molecular weight is 500 g/mol. The Morgan fingerprint density at radius 1 is 0.757 bits per heavy atom. The van der Waals surface area contributed by atoms with Crippen molar-refractivity contribution >= 4 is 34.0 Å². The van der Waals surface area contributed by atoms with Gasteiger partial charge in [-0.25, -0.2) is 19.9 Å². The normalized spacial score (nSPS) is 14.1. The molecule has 4 aromatic rings. The predicted molar refractivity (Wildman–Crippen MR) is 148 cm³/mol. The summed E-state index contributed by atoms with van der Waals surface area (Å²) < 4.78 is 10.9. The van der Waals surface area contributed by atoms with Crippen LogP contribution in [0.25, 0.3) is 10.9 Å². The Morgan fingerprint density at radius 2 is 1.38 bits per heavy atom. The van der Waals surface area contributed by atoms with Gasteiger partial charge < -0.3 is 24.6 Å². The summed E-state index contributed by atoms with van der Waals surface area (Å²) in [6.07, 6.45) is 5.27. The van der Waals surface area contributed by atoms with E-state index in [4.69, 9.17) is 9.47 Å². The monoisotopic (exact) mass is 499 g/mol. The highest BCUT2D eigenvalue weighted by molar-refractivity contribution is 5.92. The molecule has 9 heteroatoms. The number of aromatic nitrogens is 4. The van der Waals surface area contributed by atoms with Crippen molar-refractivity contribution in [3.8, 4) is 11.5 Å². The van der Waals surface area contributed by atoms with Gasteiger partial charge in [-0.1, -0.05) is 32.9 Å². The van der Waals surface area contributed by atoms with Crippen molar-refractivity contribution in [3.05, 3.63) is 60.7 Å². The molecule has 5 rings (SSSR count). The molecule has 9 nitrogen and oxygen atoms in total. The number of hydrogen-bond acceptors (Lipinski definition) is 9. The van der Waals surface area contributed by atoms with Crippen LogP contribution < -0.4 is 24.6 Å². The zero-order valence-electron chi connectivity index (χ0n) is 22.0. The lowest BCUT2D eigenvalue weighted by atomic mass is 9.87. The van der Waals surface area contributed by atoms with Crippen LogP contribution in [0.4, 0.5) is 23.1 Å². The Balaban J connectivity index is 1.24. The molecule has 0 spiro atoms. The molecule has 1 saturated heterocycles. The highest BCUT2D eigenvalue weighted by atomic mass is 16.5. The van der Waals surface area contributed by atoms with Crippen molar-refractivity contribution in [1.29, 1.82) is 0 Å². The second-order valence-electron chi connectivity index (χ2n) is 10.1. The topological polar surface area (TPSA) is 88.5 Å². The van der Waals surface area contributed by atoms with Gasteiger partial charge in [0.15, 0.2) is 11.5 Å². The van der Waals surface area contributed by atoms with E-state index in [1.807, 2.05) is 24.5 Å². The number of methoxy groups -OCH3 is 2. The highest BCUT2D eigenvalue weighted by Gasteiger charge is 2.22. The molecular formula is C28H33N7O2. The second kappa shape index (κ2) is 10.1. The number of fused-ring (bicyclic) bond motifs is 1. The summed E-state index contributed by atoms with van der Waals surface area (Å²) in [6.45, 7) is 9.82. The number of nitrogens with zero attached hydrogens (tertiary/aromatic N) is 6. The standard InChI is InChI=1S/C28H33N7O2/c1-28(2,3)19-6-8-20(9-7-19)33-21-16-29-27(30-17-21)35-12-10-34(11-13-35)26-22-14-24(36-4)25(37-5)15-23(22)31-18-32-26/h6-9,14-18,33H,10-13H2,1-5H3. The number of hydrogen-bond donors (Lipinski definition) is 1. The van der Waals surface area contributed by atoms with Crippen LogP contribution >= 0.6 is 0 Å². The van der Waals surface area contributed by atoms with Crippen molar-refractivity contribution in [1.82, 2.24) is 19.9 Å². The maximum atomic E-state index is 5.50. The van der Waals surface area contributed by atoms with E-state index >= 15 is 0 Å². The molecule has 2 aromatic carbocycles. The summed E-state index contributed by atoms with van der Waals surface area (Å²) in [6, 6.07) is 12.3. The van der Waals surface area contributed by atoms with Gasteiger partial charge in [0.05, 0.1) is 37.8 Å². The minimum Gasteiger partial charge on any atom is -0.493 e. The van der Waals surface area contributed by atoms with Gasteiger partial charge in [-0.2, -0.15) is 0 Å². The van der Waals surface area contributed by atoms with E-state index in [9.17, 15) is 0 Å². The van der Waals surface area contributed by atoms with Gasteiger partial charge in [0, 0.05) is 43.3 Å². The van der Waals surface area contributed by atoms with E-state index < -0.39 is 0 Å².